The first-order valence-electron chi connectivity index (χ1n) is 10.7. The third-order valence-electron chi connectivity index (χ3n) is 5.56. The predicted molar refractivity (Wildman–Crippen MR) is 121 cm³/mol. The Bertz CT molecular complexity index is 958. The molecule has 0 aliphatic carbocycles. The van der Waals surface area contributed by atoms with Gasteiger partial charge in [-0.25, -0.2) is 4.68 Å². The van der Waals surface area contributed by atoms with Gasteiger partial charge in [0.25, 0.3) is 0 Å². The first-order valence-corrected chi connectivity index (χ1v) is 10.7. The minimum Gasteiger partial charge on any atom is -0.497 e. The summed E-state index contributed by atoms with van der Waals surface area (Å²) >= 11 is 0. The molecule has 0 bridgehead atoms. The number of nitrogens with one attached hydrogen (secondary N) is 2. The van der Waals surface area contributed by atoms with E-state index in [1.165, 1.54) is 12.8 Å². The normalized spacial score (nSPS) is 15.7. The number of aromatic nitrogens is 2. The molecule has 4 rings (SSSR count). The second-order valence-electron chi connectivity index (χ2n) is 7.53. The second kappa shape index (κ2) is 10.2. The quantitative estimate of drug-likeness (QED) is 0.429. The highest BCUT2D eigenvalue weighted by atomic mass is 16.5. The number of hydrogen-bond donors (Lipinski definition) is 2. The number of aliphatic imine (C=N–C) groups is 1. The Hall–Kier alpha value is -3.26. The van der Waals surface area contributed by atoms with Crippen LogP contribution in [0.15, 0.2) is 64.3 Å². The van der Waals surface area contributed by atoms with Crippen LogP contribution < -0.4 is 15.4 Å². The van der Waals surface area contributed by atoms with E-state index in [-0.39, 0.29) is 6.04 Å². The predicted octanol–water partition coefficient (Wildman–Crippen LogP) is 2.98. The fourth-order valence-corrected chi connectivity index (χ4v) is 3.87. The second-order valence-corrected chi connectivity index (χ2v) is 7.53. The Kier molecular flexibility index (Phi) is 6.89. The standard InChI is InChI=1S/C23H30N6O2/c1-24-23(26-17-21(22-6-5-15-31-22)28-12-3-4-13-28)25-16-18-11-14-29(27-18)19-7-9-20(30-2)10-8-19/h5-11,14-15,21H,3-4,12-13,16-17H2,1-2H3,(H2,24,25,26). The van der Waals surface area contributed by atoms with E-state index in [4.69, 9.17) is 9.15 Å². The molecule has 2 aromatic heterocycles. The molecule has 0 radical (unpaired) electrons. The van der Waals surface area contributed by atoms with Gasteiger partial charge in [-0.3, -0.25) is 9.89 Å². The van der Waals surface area contributed by atoms with Crippen LogP contribution in [0.1, 0.15) is 30.3 Å². The number of rotatable bonds is 8. The van der Waals surface area contributed by atoms with Gasteiger partial charge in [0.1, 0.15) is 11.5 Å². The SMILES string of the molecule is CN=C(NCc1ccn(-c2ccc(OC)cc2)n1)NCC(c1ccco1)N1CCCC1. The van der Waals surface area contributed by atoms with Gasteiger partial charge in [0, 0.05) is 19.8 Å². The van der Waals surface area contributed by atoms with E-state index in [1.54, 1.807) is 20.4 Å². The highest BCUT2D eigenvalue weighted by Crippen LogP contribution is 2.24. The molecule has 164 valence electrons. The number of hydrogen-bond acceptors (Lipinski definition) is 5. The van der Waals surface area contributed by atoms with Crippen LogP contribution >= 0.6 is 0 Å². The molecule has 31 heavy (non-hydrogen) atoms. The van der Waals surface area contributed by atoms with Gasteiger partial charge in [-0.05, 0) is 68.4 Å². The van der Waals surface area contributed by atoms with Crippen LogP contribution in [0.5, 0.6) is 5.75 Å². The third-order valence-corrected chi connectivity index (χ3v) is 5.56. The van der Waals surface area contributed by atoms with Crippen LogP contribution in [0.2, 0.25) is 0 Å². The smallest absolute Gasteiger partial charge is 0.191 e. The Labute approximate surface area is 182 Å². The fraction of sp³-hybridized carbons (Fsp3) is 0.391. The zero-order valence-corrected chi connectivity index (χ0v) is 18.1. The van der Waals surface area contributed by atoms with Gasteiger partial charge in [-0.1, -0.05) is 0 Å². The number of nitrogens with zero attached hydrogens (tertiary/aromatic N) is 4. The molecule has 3 aromatic rings. The molecule has 1 fully saturated rings. The average molecular weight is 423 g/mol. The van der Waals surface area contributed by atoms with Crippen LogP contribution in [-0.4, -0.2) is 54.4 Å². The molecule has 1 aliphatic rings. The van der Waals surface area contributed by atoms with E-state index in [0.717, 1.165) is 48.5 Å². The van der Waals surface area contributed by atoms with Gasteiger partial charge >= 0.3 is 0 Å². The van der Waals surface area contributed by atoms with Crippen molar-refractivity contribution in [2.75, 3.05) is 33.8 Å². The lowest BCUT2D eigenvalue weighted by Gasteiger charge is -2.26. The van der Waals surface area contributed by atoms with Gasteiger partial charge in [-0.15, -0.1) is 0 Å². The third kappa shape index (κ3) is 5.27. The number of guanidine groups is 1. The van der Waals surface area contributed by atoms with Crippen molar-refractivity contribution >= 4 is 5.96 Å². The van der Waals surface area contributed by atoms with Gasteiger partial charge < -0.3 is 19.8 Å². The topological polar surface area (TPSA) is 79.8 Å². The molecule has 2 N–H and O–H groups in total. The first kappa shape index (κ1) is 21.0. The molecular weight excluding hydrogens is 392 g/mol. The summed E-state index contributed by atoms with van der Waals surface area (Å²) in [5.74, 6) is 2.56. The van der Waals surface area contributed by atoms with E-state index in [0.29, 0.717) is 6.54 Å². The number of benzene rings is 1. The highest BCUT2D eigenvalue weighted by molar-refractivity contribution is 5.79. The summed E-state index contributed by atoms with van der Waals surface area (Å²) in [5, 5.41) is 11.4. The molecule has 1 unspecified atom stereocenters. The zero-order valence-electron chi connectivity index (χ0n) is 18.1. The van der Waals surface area contributed by atoms with Crippen LogP contribution in [0.25, 0.3) is 5.69 Å². The van der Waals surface area contributed by atoms with Crippen molar-refractivity contribution in [1.82, 2.24) is 25.3 Å². The summed E-state index contributed by atoms with van der Waals surface area (Å²) in [5.41, 5.74) is 1.92. The van der Waals surface area contributed by atoms with E-state index < -0.39 is 0 Å². The van der Waals surface area contributed by atoms with E-state index in [9.17, 15) is 0 Å². The van der Waals surface area contributed by atoms with Crippen molar-refractivity contribution < 1.29 is 9.15 Å². The van der Waals surface area contributed by atoms with Crippen molar-refractivity contribution in [3.63, 3.8) is 0 Å². The lowest BCUT2D eigenvalue weighted by atomic mass is 10.2. The minimum absolute atomic E-state index is 0.199. The number of furan rings is 1. The molecule has 0 amide bonds. The molecule has 1 aromatic carbocycles. The maximum atomic E-state index is 5.70. The van der Waals surface area contributed by atoms with E-state index in [2.05, 4.69) is 25.6 Å². The van der Waals surface area contributed by atoms with Crippen molar-refractivity contribution in [2.24, 2.45) is 4.99 Å². The van der Waals surface area contributed by atoms with Gasteiger partial charge in [0.15, 0.2) is 5.96 Å². The Morgan fingerprint density at radius 2 is 1.97 bits per heavy atom. The Morgan fingerprint density at radius 1 is 1.16 bits per heavy atom. The summed E-state index contributed by atoms with van der Waals surface area (Å²) in [6.45, 7) is 3.51. The van der Waals surface area contributed by atoms with Gasteiger partial charge in [0.2, 0.25) is 0 Å². The van der Waals surface area contributed by atoms with Gasteiger partial charge in [-0.2, -0.15) is 5.10 Å². The lowest BCUT2D eigenvalue weighted by Crippen LogP contribution is -2.42. The number of likely N-dealkylation sites (tertiary alicyclic amines) is 1. The number of methoxy groups -OCH3 is 1. The molecule has 8 heteroatoms. The molecule has 0 spiro atoms. The molecular formula is C23H30N6O2. The largest absolute Gasteiger partial charge is 0.497 e. The van der Waals surface area contributed by atoms with Crippen molar-refractivity contribution in [1.29, 1.82) is 0 Å². The molecule has 0 saturated carbocycles. The van der Waals surface area contributed by atoms with Crippen LogP contribution in [0, 0.1) is 0 Å². The average Bonchev–Trinajstić information content (AvgIpc) is 3.59. The highest BCUT2D eigenvalue weighted by Gasteiger charge is 2.25. The van der Waals surface area contributed by atoms with Crippen LogP contribution in [0.3, 0.4) is 0 Å². The van der Waals surface area contributed by atoms with E-state index in [1.807, 2.05) is 53.3 Å². The summed E-state index contributed by atoms with van der Waals surface area (Å²) in [4.78, 5) is 6.83. The van der Waals surface area contributed by atoms with Crippen molar-refractivity contribution in [3.05, 3.63) is 66.4 Å². The van der Waals surface area contributed by atoms with Crippen molar-refractivity contribution in [3.8, 4) is 11.4 Å². The molecule has 1 aliphatic heterocycles. The Morgan fingerprint density at radius 3 is 2.65 bits per heavy atom. The number of ether oxygens (including phenoxy) is 1. The van der Waals surface area contributed by atoms with Gasteiger partial charge in [0.05, 0.1) is 37.3 Å². The molecule has 1 atom stereocenters. The summed E-state index contributed by atoms with van der Waals surface area (Å²) in [6.07, 6.45) is 6.17. The summed E-state index contributed by atoms with van der Waals surface area (Å²) < 4.78 is 12.8. The first-order chi connectivity index (χ1) is 15.3. The maximum absolute atomic E-state index is 5.70. The molecule has 8 nitrogen and oxygen atoms in total. The minimum atomic E-state index is 0.199. The zero-order chi connectivity index (χ0) is 21.5. The van der Waals surface area contributed by atoms with Crippen LogP contribution in [0.4, 0.5) is 0 Å². The molecule has 3 heterocycles. The summed E-state index contributed by atoms with van der Waals surface area (Å²) in [6, 6.07) is 14.0. The lowest BCUT2D eigenvalue weighted by molar-refractivity contribution is 0.215. The maximum Gasteiger partial charge on any atom is 0.191 e. The monoisotopic (exact) mass is 422 g/mol. The fourth-order valence-electron chi connectivity index (χ4n) is 3.87. The Balaban J connectivity index is 1.32. The van der Waals surface area contributed by atoms with Crippen molar-refractivity contribution in [2.45, 2.75) is 25.4 Å². The summed E-state index contributed by atoms with van der Waals surface area (Å²) in [7, 11) is 3.44. The van der Waals surface area contributed by atoms with E-state index >= 15 is 0 Å². The van der Waals surface area contributed by atoms with Crippen LogP contribution in [-0.2, 0) is 6.54 Å². The molecule has 1 saturated heterocycles.